The molecule has 24 heavy (non-hydrogen) atoms. The Morgan fingerprint density at radius 2 is 2.08 bits per heavy atom. The summed E-state index contributed by atoms with van der Waals surface area (Å²) in [4.78, 5) is 12.4. The van der Waals surface area contributed by atoms with Crippen molar-refractivity contribution in [2.75, 3.05) is 5.73 Å². The predicted molar refractivity (Wildman–Crippen MR) is 91.2 cm³/mol. The molecule has 126 valence electrons. The first-order valence-electron chi connectivity index (χ1n) is 7.95. The number of anilines is 1. The van der Waals surface area contributed by atoms with Crippen molar-refractivity contribution in [1.29, 1.82) is 0 Å². The number of ether oxygens (including phenoxy) is 1. The maximum Gasteiger partial charge on any atom is 0.225 e. The Hall–Kier alpha value is -2.56. The zero-order valence-corrected chi connectivity index (χ0v) is 13.8. The highest BCUT2D eigenvalue weighted by atomic mass is 19.1. The maximum atomic E-state index is 13.7. The summed E-state index contributed by atoms with van der Waals surface area (Å²) in [5.41, 5.74) is 7.32. The summed E-state index contributed by atoms with van der Waals surface area (Å²) in [7, 11) is 0. The Morgan fingerprint density at radius 3 is 2.83 bits per heavy atom. The van der Waals surface area contributed by atoms with Crippen molar-refractivity contribution in [2.45, 2.75) is 38.3 Å². The van der Waals surface area contributed by atoms with Crippen LogP contribution in [-0.4, -0.2) is 11.5 Å². The number of nitrogen functional groups attached to an aromatic ring is 1. The van der Waals surface area contributed by atoms with E-state index in [9.17, 15) is 9.18 Å². The van der Waals surface area contributed by atoms with E-state index < -0.39 is 5.60 Å². The molecule has 1 aliphatic rings. The van der Waals surface area contributed by atoms with Crippen molar-refractivity contribution in [3.63, 3.8) is 0 Å². The van der Waals surface area contributed by atoms with Gasteiger partial charge in [0.15, 0.2) is 0 Å². The largest absolute Gasteiger partial charge is 0.487 e. The van der Waals surface area contributed by atoms with Gasteiger partial charge in [-0.3, -0.25) is 4.79 Å². The van der Waals surface area contributed by atoms with Gasteiger partial charge in [0.2, 0.25) is 5.91 Å². The molecule has 3 rings (SSSR count). The van der Waals surface area contributed by atoms with Gasteiger partial charge in [0.1, 0.15) is 17.2 Å². The predicted octanol–water partition coefficient (Wildman–Crippen LogP) is 3.37. The average molecular weight is 328 g/mol. The molecule has 5 heteroatoms. The van der Waals surface area contributed by atoms with Crippen LogP contribution in [0.1, 0.15) is 37.4 Å². The summed E-state index contributed by atoms with van der Waals surface area (Å²) >= 11 is 0. The molecule has 2 aromatic rings. The first-order valence-corrected chi connectivity index (χ1v) is 7.95. The standard InChI is InChI=1S/C19H21FN2O2/c1-19(2)11-16(14-10-13(21)7-8-17(14)24-19)22-18(23)9-12-5-3-4-6-15(12)20/h3-8,10,16H,9,11,21H2,1-2H3,(H,22,23). The quantitative estimate of drug-likeness (QED) is 0.849. The second-order valence-electron chi connectivity index (χ2n) is 6.75. The van der Waals surface area contributed by atoms with Crippen LogP contribution in [0.5, 0.6) is 5.75 Å². The van der Waals surface area contributed by atoms with Gasteiger partial charge in [-0.1, -0.05) is 18.2 Å². The highest BCUT2D eigenvalue weighted by Crippen LogP contribution is 2.40. The summed E-state index contributed by atoms with van der Waals surface area (Å²) in [6, 6.07) is 11.5. The molecule has 0 radical (unpaired) electrons. The molecule has 0 spiro atoms. The van der Waals surface area contributed by atoms with Crippen molar-refractivity contribution in [3.05, 3.63) is 59.4 Å². The molecule has 1 atom stereocenters. The number of carbonyl (C=O) groups excluding carboxylic acids is 1. The topological polar surface area (TPSA) is 64.4 Å². The number of hydrogen-bond acceptors (Lipinski definition) is 3. The van der Waals surface area contributed by atoms with E-state index in [1.54, 1.807) is 24.3 Å². The van der Waals surface area contributed by atoms with E-state index >= 15 is 0 Å². The third-order valence-electron chi connectivity index (χ3n) is 4.14. The highest BCUT2D eigenvalue weighted by Gasteiger charge is 2.34. The van der Waals surface area contributed by atoms with Crippen molar-refractivity contribution < 1.29 is 13.9 Å². The van der Waals surface area contributed by atoms with Gasteiger partial charge < -0.3 is 15.8 Å². The van der Waals surface area contributed by atoms with Crippen LogP contribution in [0.4, 0.5) is 10.1 Å². The molecule has 0 bridgehead atoms. The number of halogens is 1. The van der Waals surface area contributed by atoms with Gasteiger partial charge in [0.05, 0.1) is 12.5 Å². The van der Waals surface area contributed by atoms with Crippen LogP contribution in [0.2, 0.25) is 0 Å². The molecular formula is C19H21FN2O2. The van der Waals surface area contributed by atoms with E-state index in [4.69, 9.17) is 10.5 Å². The SMILES string of the molecule is CC1(C)CC(NC(=O)Cc2ccccc2F)c2cc(N)ccc2O1. The van der Waals surface area contributed by atoms with Crippen LogP contribution in [0.15, 0.2) is 42.5 Å². The lowest BCUT2D eigenvalue weighted by molar-refractivity contribution is -0.121. The third-order valence-corrected chi connectivity index (χ3v) is 4.14. The van der Waals surface area contributed by atoms with Crippen molar-refractivity contribution in [2.24, 2.45) is 0 Å². The van der Waals surface area contributed by atoms with E-state index in [1.807, 2.05) is 26.0 Å². The summed E-state index contributed by atoms with van der Waals surface area (Å²) in [6.07, 6.45) is 0.620. The molecule has 4 nitrogen and oxygen atoms in total. The molecule has 1 aliphatic heterocycles. The lowest BCUT2D eigenvalue weighted by Crippen LogP contribution is -2.41. The third kappa shape index (κ3) is 3.50. The van der Waals surface area contributed by atoms with Crippen LogP contribution in [0, 0.1) is 5.82 Å². The molecule has 1 unspecified atom stereocenters. The fraction of sp³-hybridized carbons (Fsp3) is 0.316. The zero-order chi connectivity index (χ0) is 17.3. The molecule has 0 saturated carbocycles. The number of carbonyl (C=O) groups is 1. The monoisotopic (exact) mass is 328 g/mol. The van der Waals surface area contributed by atoms with Gasteiger partial charge >= 0.3 is 0 Å². The first-order chi connectivity index (χ1) is 11.3. The summed E-state index contributed by atoms with van der Waals surface area (Å²) in [5, 5.41) is 2.99. The van der Waals surface area contributed by atoms with Crippen molar-refractivity contribution >= 4 is 11.6 Å². The Morgan fingerprint density at radius 1 is 1.33 bits per heavy atom. The normalized spacial score (nSPS) is 18.4. The highest BCUT2D eigenvalue weighted by molar-refractivity contribution is 5.79. The van der Waals surface area contributed by atoms with Crippen molar-refractivity contribution in [1.82, 2.24) is 5.32 Å². The summed E-state index contributed by atoms with van der Waals surface area (Å²) in [5.74, 6) is 0.123. The van der Waals surface area contributed by atoms with Gasteiger partial charge in [0.25, 0.3) is 0 Å². The van der Waals surface area contributed by atoms with E-state index in [1.165, 1.54) is 6.07 Å². The number of nitrogens with two attached hydrogens (primary N) is 1. The Bertz CT molecular complexity index is 774. The number of amides is 1. The number of benzene rings is 2. The number of rotatable bonds is 3. The minimum atomic E-state index is -0.404. The lowest BCUT2D eigenvalue weighted by Gasteiger charge is -2.38. The van der Waals surface area contributed by atoms with E-state index in [0.29, 0.717) is 17.7 Å². The number of hydrogen-bond donors (Lipinski definition) is 2. The van der Waals surface area contributed by atoms with Gasteiger partial charge in [-0.2, -0.15) is 0 Å². The minimum absolute atomic E-state index is 0.00209. The Kier molecular flexibility index (Phi) is 4.18. The van der Waals surface area contributed by atoms with Gasteiger partial charge in [-0.05, 0) is 43.7 Å². The van der Waals surface area contributed by atoms with Crippen LogP contribution >= 0.6 is 0 Å². The molecule has 0 saturated heterocycles. The lowest BCUT2D eigenvalue weighted by atomic mass is 9.89. The average Bonchev–Trinajstić information content (AvgIpc) is 2.49. The van der Waals surface area contributed by atoms with E-state index in [-0.39, 0.29) is 24.2 Å². The molecule has 1 amide bonds. The fourth-order valence-electron chi connectivity index (χ4n) is 3.06. The van der Waals surface area contributed by atoms with Crippen LogP contribution < -0.4 is 15.8 Å². The smallest absolute Gasteiger partial charge is 0.225 e. The molecular weight excluding hydrogens is 307 g/mol. The summed E-state index contributed by atoms with van der Waals surface area (Å²) in [6.45, 7) is 3.95. The summed E-state index contributed by atoms with van der Waals surface area (Å²) < 4.78 is 19.7. The molecule has 1 heterocycles. The second kappa shape index (κ2) is 6.15. The molecule has 0 aromatic heterocycles. The van der Waals surface area contributed by atoms with Gasteiger partial charge in [-0.25, -0.2) is 4.39 Å². The fourth-order valence-corrected chi connectivity index (χ4v) is 3.06. The van der Waals surface area contributed by atoms with Gasteiger partial charge in [-0.15, -0.1) is 0 Å². The molecule has 0 aliphatic carbocycles. The van der Waals surface area contributed by atoms with Crippen LogP contribution in [0.3, 0.4) is 0 Å². The van der Waals surface area contributed by atoms with Crippen molar-refractivity contribution in [3.8, 4) is 5.75 Å². The molecule has 2 aromatic carbocycles. The Labute approximate surface area is 140 Å². The van der Waals surface area contributed by atoms with Crippen LogP contribution in [0.25, 0.3) is 0 Å². The minimum Gasteiger partial charge on any atom is -0.487 e. The second-order valence-corrected chi connectivity index (χ2v) is 6.75. The number of nitrogens with one attached hydrogen (secondary N) is 1. The Balaban J connectivity index is 1.80. The van der Waals surface area contributed by atoms with E-state index in [2.05, 4.69) is 5.32 Å². The first kappa shape index (κ1) is 16.3. The molecule has 0 fully saturated rings. The van der Waals surface area contributed by atoms with E-state index in [0.717, 1.165) is 11.3 Å². The zero-order valence-electron chi connectivity index (χ0n) is 13.8. The number of fused-ring (bicyclic) bond motifs is 1. The molecule has 3 N–H and O–H groups in total. The van der Waals surface area contributed by atoms with Crippen LogP contribution in [-0.2, 0) is 11.2 Å². The van der Waals surface area contributed by atoms with Gasteiger partial charge in [0, 0.05) is 17.7 Å². The maximum absolute atomic E-state index is 13.7.